The maximum absolute atomic E-state index is 12.4. The molecule has 29 heavy (non-hydrogen) atoms. The molecule has 0 fully saturated rings. The summed E-state index contributed by atoms with van der Waals surface area (Å²) in [5, 5.41) is 5.76. The van der Waals surface area contributed by atoms with Crippen LogP contribution in [0.25, 0.3) is 0 Å². The van der Waals surface area contributed by atoms with Gasteiger partial charge in [-0.15, -0.1) is 0 Å². The molecule has 0 aliphatic heterocycles. The Morgan fingerprint density at radius 1 is 1.03 bits per heavy atom. The maximum atomic E-state index is 12.4. The van der Waals surface area contributed by atoms with E-state index in [2.05, 4.69) is 21.7 Å². The number of amides is 2. The Labute approximate surface area is 171 Å². The van der Waals surface area contributed by atoms with Gasteiger partial charge in [0.1, 0.15) is 5.75 Å². The van der Waals surface area contributed by atoms with Crippen LogP contribution in [0.1, 0.15) is 58.4 Å². The summed E-state index contributed by atoms with van der Waals surface area (Å²) in [4.78, 5) is 28.9. The third-order valence-corrected chi connectivity index (χ3v) is 4.99. The molecular formula is C23H27N3O3. The van der Waals surface area contributed by atoms with E-state index in [0.29, 0.717) is 24.2 Å². The van der Waals surface area contributed by atoms with Crippen LogP contribution >= 0.6 is 0 Å². The molecule has 1 aromatic heterocycles. The lowest BCUT2D eigenvalue weighted by molar-refractivity contribution is 0.0950. The van der Waals surface area contributed by atoms with Gasteiger partial charge in [0, 0.05) is 25.5 Å². The minimum absolute atomic E-state index is 0.210. The van der Waals surface area contributed by atoms with Crippen molar-refractivity contribution < 1.29 is 14.3 Å². The second-order valence-corrected chi connectivity index (χ2v) is 7.11. The summed E-state index contributed by atoms with van der Waals surface area (Å²) in [6.45, 7) is 0.979. The number of pyridine rings is 1. The van der Waals surface area contributed by atoms with Gasteiger partial charge >= 0.3 is 0 Å². The summed E-state index contributed by atoms with van der Waals surface area (Å²) in [5.41, 5.74) is 3.13. The van der Waals surface area contributed by atoms with Gasteiger partial charge in [-0.25, -0.2) is 0 Å². The number of hydrogen-bond acceptors (Lipinski definition) is 4. The molecule has 0 spiro atoms. The number of benzene rings is 1. The minimum atomic E-state index is -0.268. The van der Waals surface area contributed by atoms with Gasteiger partial charge in [0.15, 0.2) is 0 Å². The first-order chi connectivity index (χ1) is 14.2. The van der Waals surface area contributed by atoms with E-state index in [1.165, 1.54) is 30.8 Å². The SMILES string of the molecule is COc1ccc(CNC(=O)c2cncc(C(=O)NCCC3=CCCCC3)c2)cc1. The zero-order valence-electron chi connectivity index (χ0n) is 16.7. The zero-order valence-corrected chi connectivity index (χ0v) is 16.7. The fourth-order valence-electron chi connectivity index (χ4n) is 3.29. The molecule has 0 saturated heterocycles. The smallest absolute Gasteiger partial charge is 0.253 e. The molecule has 152 valence electrons. The molecule has 1 aliphatic carbocycles. The molecule has 2 amide bonds. The van der Waals surface area contributed by atoms with Crippen LogP contribution in [0.2, 0.25) is 0 Å². The van der Waals surface area contributed by atoms with E-state index in [0.717, 1.165) is 30.6 Å². The molecule has 6 nitrogen and oxygen atoms in total. The van der Waals surface area contributed by atoms with Crippen LogP contribution in [0.15, 0.2) is 54.4 Å². The lowest BCUT2D eigenvalue weighted by Crippen LogP contribution is -2.26. The van der Waals surface area contributed by atoms with Crippen molar-refractivity contribution in [3.63, 3.8) is 0 Å². The van der Waals surface area contributed by atoms with Gasteiger partial charge in [-0.05, 0) is 55.9 Å². The lowest BCUT2D eigenvalue weighted by atomic mass is 9.97. The molecule has 1 aliphatic rings. The Morgan fingerprint density at radius 2 is 1.76 bits per heavy atom. The second kappa shape index (κ2) is 10.4. The lowest BCUT2D eigenvalue weighted by Gasteiger charge is -2.13. The summed E-state index contributed by atoms with van der Waals surface area (Å²) < 4.78 is 5.13. The van der Waals surface area contributed by atoms with Crippen molar-refractivity contribution >= 4 is 11.8 Å². The number of ether oxygens (including phenoxy) is 1. The summed E-state index contributed by atoms with van der Waals surface area (Å²) in [6, 6.07) is 9.05. The van der Waals surface area contributed by atoms with E-state index in [4.69, 9.17) is 4.74 Å². The van der Waals surface area contributed by atoms with Crippen LogP contribution in [-0.2, 0) is 6.54 Å². The van der Waals surface area contributed by atoms with Crippen LogP contribution < -0.4 is 15.4 Å². The number of aromatic nitrogens is 1. The fourth-order valence-corrected chi connectivity index (χ4v) is 3.29. The highest BCUT2D eigenvalue weighted by atomic mass is 16.5. The van der Waals surface area contributed by atoms with Crippen molar-refractivity contribution in [2.45, 2.75) is 38.6 Å². The highest BCUT2D eigenvalue weighted by Crippen LogP contribution is 2.19. The first-order valence-electron chi connectivity index (χ1n) is 9.98. The van der Waals surface area contributed by atoms with Gasteiger partial charge in [0.05, 0.1) is 18.2 Å². The summed E-state index contributed by atoms with van der Waals surface area (Å²) in [6.07, 6.45) is 10.9. The number of nitrogens with zero attached hydrogens (tertiary/aromatic N) is 1. The van der Waals surface area contributed by atoms with Crippen LogP contribution in [0, 0.1) is 0 Å². The second-order valence-electron chi connectivity index (χ2n) is 7.11. The Morgan fingerprint density at radius 3 is 2.41 bits per heavy atom. The predicted molar refractivity (Wildman–Crippen MR) is 112 cm³/mol. The van der Waals surface area contributed by atoms with Crippen molar-refractivity contribution in [3.05, 3.63) is 71.1 Å². The predicted octanol–water partition coefficient (Wildman–Crippen LogP) is 3.64. The van der Waals surface area contributed by atoms with E-state index in [9.17, 15) is 9.59 Å². The van der Waals surface area contributed by atoms with Gasteiger partial charge in [-0.2, -0.15) is 0 Å². The average molecular weight is 393 g/mol. The summed E-state index contributed by atoms with van der Waals surface area (Å²) in [5.74, 6) is 0.289. The average Bonchev–Trinajstić information content (AvgIpc) is 2.78. The fraction of sp³-hybridized carbons (Fsp3) is 0.348. The number of allylic oxidation sites excluding steroid dienone is 1. The summed E-state index contributed by atoms with van der Waals surface area (Å²) in [7, 11) is 1.61. The molecular weight excluding hydrogens is 366 g/mol. The first-order valence-corrected chi connectivity index (χ1v) is 9.98. The van der Waals surface area contributed by atoms with Gasteiger partial charge in [-0.1, -0.05) is 23.8 Å². The normalized spacial score (nSPS) is 13.3. The molecule has 0 radical (unpaired) electrons. The zero-order chi connectivity index (χ0) is 20.5. The van der Waals surface area contributed by atoms with E-state index in [1.807, 2.05) is 24.3 Å². The van der Waals surface area contributed by atoms with Crippen molar-refractivity contribution in [2.24, 2.45) is 0 Å². The van der Waals surface area contributed by atoms with Crippen molar-refractivity contribution in [3.8, 4) is 5.75 Å². The molecule has 1 aromatic carbocycles. The summed E-state index contributed by atoms with van der Waals surface area (Å²) >= 11 is 0. The van der Waals surface area contributed by atoms with Crippen LogP contribution in [-0.4, -0.2) is 30.5 Å². The number of carbonyl (C=O) groups is 2. The number of rotatable bonds is 8. The highest BCUT2D eigenvalue weighted by molar-refractivity contribution is 5.99. The molecule has 3 rings (SSSR count). The molecule has 2 aromatic rings. The Bertz CT molecular complexity index is 875. The van der Waals surface area contributed by atoms with Crippen LogP contribution in [0.5, 0.6) is 5.75 Å². The van der Waals surface area contributed by atoms with Crippen LogP contribution in [0.3, 0.4) is 0 Å². The van der Waals surface area contributed by atoms with Gasteiger partial charge in [0.2, 0.25) is 0 Å². The Hall–Kier alpha value is -3.15. The van der Waals surface area contributed by atoms with Gasteiger partial charge in [0.25, 0.3) is 11.8 Å². The Balaban J connectivity index is 1.51. The molecule has 0 unspecified atom stereocenters. The number of carbonyl (C=O) groups excluding carboxylic acids is 2. The van der Waals surface area contributed by atoms with Crippen molar-refractivity contribution in [1.82, 2.24) is 15.6 Å². The Kier molecular flexibility index (Phi) is 7.39. The quantitative estimate of drug-likeness (QED) is 0.671. The number of methoxy groups -OCH3 is 1. The van der Waals surface area contributed by atoms with Gasteiger partial charge in [-0.3, -0.25) is 14.6 Å². The number of nitrogens with one attached hydrogen (secondary N) is 2. The molecule has 0 atom stereocenters. The van der Waals surface area contributed by atoms with Gasteiger partial charge < -0.3 is 15.4 Å². The monoisotopic (exact) mass is 393 g/mol. The molecule has 1 heterocycles. The van der Waals surface area contributed by atoms with E-state index in [-0.39, 0.29) is 11.8 Å². The van der Waals surface area contributed by atoms with Crippen molar-refractivity contribution in [1.29, 1.82) is 0 Å². The molecule has 6 heteroatoms. The maximum Gasteiger partial charge on any atom is 0.253 e. The van der Waals surface area contributed by atoms with Crippen LogP contribution in [0.4, 0.5) is 0 Å². The topological polar surface area (TPSA) is 80.3 Å². The number of hydrogen-bond donors (Lipinski definition) is 2. The highest BCUT2D eigenvalue weighted by Gasteiger charge is 2.12. The molecule has 0 saturated carbocycles. The van der Waals surface area contributed by atoms with E-state index < -0.39 is 0 Å². The van der Waals surface area contributed by atoms with Crippen molar-refractivity contribution in [2.75, 3.05) is 13.7 Å². The third kappa shape index (κ3) is 6.17. The molecule has 2 N–H and O–H groups in total. The minimum Gasteiger partial charge on any atom is -0.497 e. The van der Waals surface area contributed by atoms with E-state index >= 15 is 0 Å². The molecule has 0 bridgehead atoms. The largest absolute Gasteiger partial charge is 0.497 e. The first kappa shape index (κ1) is 20.6. The third-order valence-electron chi connectivity index (χ3n) is 4.99. The van der Waals surface area contributed by atoms with E-state index in [1.54, 1.807) is 13.2 Å². The standard InChI is InChI=1S/C23H27N3O3/c1-29-21-9-7-18(8-10-21)14-26-23(28)20-13-19(15-24-16-20)22(27)25-12-11-17-5-3-2-4-6-17/h5,7-10,13,15-16H,2-4,6,11-12,14H2,1H3,(H,25,27)(H,26,28).